The van der Waals surface area contributed by atoms with E-state index in [1.54, 1.807) is 17.4 Å². The predicted molar refractivity (Wildman–Crippen MR) is 85.3 cm³/mol. The van der Waals surface area contributed by atoms with Gasteiger partial charge in [-0.3, -0.25) is 0 Å². The average molecular weight is 312 g/mol. The minimum Gasteiger partial charge on any atom is -0.306 e. The SMILES string of the molecule is CCCNC(c1cc(C)sc1C)c1cccc(F)c1Cl. The van der Waals surface area contributed by atoms with Gasteiger partial charge in [-0.2, -0.15) is 0 Å². The summed E-state index contributed by atoms with van der Waals surface area (Å²) < 4.78 is 13.7. The number of aryl methyl sites for hydroxylation is 2. The van der Waals surface area contributed by atoms with Crippen molar-refractivity contribution in [1.82, 2.24) is 5.32 Å². The van der Waals surface area contributed by atoms with E-state index in [4.69, 9.17) is 11.6 Å². The fraction of sp³-hybridized carbons (Fsp3) is 0.375. The summed E-state index contributed by atoms with van der Waals surface area (Å²) in [5, 5.41) is 3.69. The number of hydrogen-bond donors (Lipinski definition) is 1. The second-order valence-electron chi connectivity index (χ2n) is 4.90. The third-order valence-electron chi connectivity index (χ3n) is 3.28. The van der Waals surface area contributed by atoms with Gasteiger partial charge >= 0.3 is 0 Å². The van der Waals surface area contributed by atoms with Crippen LogP contribution in [-0.4, -0.2) is 6.54 Å². The molecule has 0 saturated heterocycles. The van der Waals surface area contributed by atoms with Gasteiger partial charge < -0.3 is 5.32 Å². The number of rotatable bonds is 5. The van der Waals surface area contributed by atoms with Gasteiger partial charge in [0.05, 0.1) is 11.1 Å². The molecule has 0 saturated carbocycles. The van der Waals surface area contributed by atoms with Crippen molar-refractivity contribution >= 4 is 22.9 Å². The van der Waals surface area contributed by atoms with E-state index in [1.165, 1.54) is 21.4 Å². The van der Waals surface area contributed by atoms with Crippen LogP contribution < -0.4 is 5.32 Å². The molecule has 108 valence electrons. The van der Waals surface area contributed by atoms with Crippen LogP contribution in [0.25, 0.3) is 0 Å². The van der Waals surface area contributed by atoms with Crippen molar-refractivity contribution in [2.45, 2.75) is 33.2 Å². The summed E-state index contributed by atoms with van der Waals surface area (Å²) in [6, 6.07) is 7.11. The summed E-state index contributed by atoms with van der Waals surface area (Å²) in [6.45, 7) is 7.17. The third-order valence-corrected chi connectivity index (χ3v) is 4.66. The van der Waals surface area contributed by atoms with Gasteiger partial charge in [0.2, 0.25) is 0 Å². The zero-order valence-corrected chi connectivity index (χ0v) is 13.5. The molecule has 0 aliphatic rings. The molecule has 0 aliphatic heterocycles. The maximum atomic E-state index is 13.7. The first kappa shape index (κ1) is 15.5. The van der Waals surface area contributed by atoms with Gasteiger partial charge in [-0.1, -0.05) is 30.7 Å². The fourth-order valence-electron chi connectivity index (χ4n) is 2.36. The number of hydrogen-bond acceptors (Lipinski definition) is 2. The lowest BCUT2D eigenvalue weighted by Crippen LogP contribution is -2.23. The third kappa shape index (κ3) is 3.22. The molecule has 20 heavy (non-hydrogen) atoms. The average Bonchev–Trinajstić information content (AvgIpc) is 2.74. The van der Waals surface area contributed by atoms with Crippen LogP contribution in [0.5, 0.6) is 0 Å². The fourth-order valence-corrected chi connectivity index (χ4v) is 3.56. The van der Waals surface area contributed by atoms with Crippen LogP contribution in [0.1, 0.15) is 40.3 Å². The molecule has 1 N–H and O–H groups in total. The maximum Gasteiger partial charge on any atom is 0.142 e. The van der Waals surface area contributed by atoms with Gasteiger partial charge in [-0.25, -0.2) is 4.39 Å². The van der Waals surface area contributed by atoms with Crippen LogP contribution in [0.3, 0.4) is 0 Å². The van der Waals surface area contributed by atoms with Crippen LogP contribution in [0.15, 0.2) is 24.3 Å². The minimum atomic E-state index is -0.364. The Labute approximate surface area is 128 Å². The first-order valence-corrected chi connectivity index (χ1v) is 7.98. The van der Waals surface area contributed by atoms with Crippen molar-refractivity contribution in [2.24, 2.45) is 0 Å². The van der Waals surface area contributed by atoms with Crippen LogP contribution in [0.4, 0.5) is 4.39 Å². The Morgan fingerprint density at radius 1 is 1.30 bits per heavy atom. The van der Waals surface area contributed by atoms with E-state index in [9.17, 15) is 4.39 Å². The topological polar surface area (TPSA) is 12.0 Å². The summed E-state index contributed by atoms with van der Waals surface area (Å²) in [7, 11) is 0. The van der Waals surface area contributed by atoms with Crippen molar-refractivity contribution in [1.29, 1.82) is 0 Å². The van der Waals surface area contributed by atoms with Crippen LogP contribution in [0, 0.1) is 19.7 Å². The predicted octanol–water partition coefficient (Wildman–Crippen LogP) is 5.25. The maximum absolute atomic E-state index is 13.7. The summed E-state index contributed by atoms with van der Waals surface area (Å²) in [4.78, 5) is 2.50. The number of thiophene rings is 1. The standard InChI is InChI=1S/C16H19ClFNS/c1-4-8-19-16(13-9-10(2)20-11(13)3)12-6-5-7-14(18)15(12)17/h5-7,9,16,19H,4,8H2,1-3H3. The lowest BCUT2D eigenvalue weighted by molar-refractivity contribution is 0.585. The lowest BCUT2D eigenvalue weighted by Gasteiger charge is -2.20. The Hall–Kier alpha value is -0.900. The van der Waals surface area contributed by atoms with E-state index < -0.39 is 0 Å². The highest BCUT2D eigenvalue weighted by Crippen LogP contribution is 2.34. The van der Waals surface area contributed by atoms with Gasteiger partial charge in [0.15, 0.2) is 0 Å². The van der Waals surface area contributed by atoms with E-state index in [0.29, 0.717) is 0 Å². The zero-order chi connectivity index (χ0) is 14.7. The highest BCUT2D eigenvalue weighted by atomic mass is 35.5. The molecule has 4 heteroatoms. The molecule has 1 heterocycles. The van der Waals surface area contributed by atoms with E-state index in [1.807, 2.05) is 6.07 Å². The van der Waals surface area contributed by atoms with E-state index in [2.05, 4.69) is 32.2 Å². The Morgan fingerprint density at radius 3 is 2.65 bits per heavy atom. The van der Waals surface area contributed by atoms with Crippen LogP contribution in [-0.2, 0) is 0 Å². The minimum absolute atomic E-state index is 0.0527. The van der Waals surface area contributed by atoms with Crippen molar-refractivity contribution in [3.05, 3.63) is 56.0 Å². The first-order chi connectivity index (χ1) is 9.54. The second-order valence-corrected chi connectivity index (χ2v) is 6.74. The van der Waals surface area contributed by atoms with Crippen molar-refractivity contribution in [3.8, 4) is 0 Å². The smallest absolute Gasteiger partial charge is 0.142 e. The Kier molecular flexibility index (Phi) is 5.19. The molecule has 0 fully saturated rings. The Balaban J connectivity index is 2.47. The van der Waals surface area contributed by atoms with Gasteiger partial charge in [0, 0.05) is 9.75 Å². The van der Waals surface area contributed by atoms with E-state index in [0.717, 1.165) is 18.5 Å². The molecule has 1 unspecified atom stereocenters. The molecule has 0 radical (unpaired) electrons. The van der Waals surface area contributed by atoms with Gasteiger partial charge in [-0.15, -0.1) is 11.3 Å². The van der Waals surface area contributed by atoms with Crippen LogP contribution >= 0.6 is 22.9 Å². The monoisotopic (exact) mass is 311 g/mol. The molecule has 0 spiro atoms. The van der Waals surface area contributed by atoms with E-state index >= 15 is 0 Å². The second kappa shape index (κ2) is 6.70. The molecular weight excluding hydrogens is 293 g/mol. The quantitative estimate of drug-likeness (QED) is 0.795. The van der Waals surface area contributed by atoms with Gasteiger partial charge in [0.25, 0.3) is 0 Å². The number of nitrogens with one attached hydrogen (secondary N) is 1. The molecule has 0 aliphatic carbocycles. The highest BCUT2D eigenvalue weighted by molar-refractivity contribution is 7.12. The zero-order valence-electron chi connectivity index (χ0n) is 12.0. The summed E-state index contributed by atoms with van der Waals surface area (Å²) in [6.07, 6.45) is 1.02. The van der Waals surface area contributed by atoms with Crippen molar-refractivity contribution in [3.63, 3.8) is 0 Å². The van der Waals surface area contributed by atoms with Crippen LogP contribution in [0.2, 0.25) is 5.02 Å². The first-order valence-electron chi connectivity index (χ1n) is 6.78. The number of halogens is 2. The van der Waals surface area contributed by atoms with Gasteiger partial charge in [0.1, 0.15) is 5.82 Å². The lowest BCUT2D eigenvalue weighted by atomic mass is 9.98. The summed E-state index contributed by atoms with van der Waals surface area (Å²) in [5.41, 5.74) is 1.99. The highest BCUT2D eigenvalue weighted by Gasteiger charge is 2.21. The normalized spacial score (nSPS) is 12.7. The molecular formula is C16H19ClFNS. The molecule has 0 amide bonds. The number of benzene rings is 1. The molecule has 1 aromatic carbocycles. The molecule has 2 aromatic rings. The van der Waals surface area contributed by atoms with Gasteiger partial charge in [-0.05, 0) is 50.1 Å². The Morgan fingerprint density at radius 2 is 2.05 bits per heavy atom. The van der Waals surface area contributed by atoms with Crippen molar-refractivity contribution in [2.75, 3.05) is 6.54 Å². The largest absolute Gasteiger partial charge is 0.306 e. The summed E-state index contributed by atoms with van der Waals surface area (Å²) in [5.74, 6) is -0.364. The van der Waals surface area contributed by atoms with E-state index in [-0.39, 0.29) is 16.9 Å². The Bertz CT molecular complexity index is 594. The molecule has 2 rings (SSSR count). The summed E-state index contributed by atoms with van der Waals surface area (Å²) >= 11 is 7.92. The van der Waals surface area contributed by atoms with Crippen molar-refractivity contribution < 1.29 is 4.39 Å². The molecule has 1 atom stereocenters. The molecule has 1 nitrogen and oxygen atoms in total. The molecule has 0 bridgehead atoms. The molecule has 1 aromatic heterocycles.